The minimum absolute atomic E-state index is 0.185. The number of rotatable bonds is 3. The number of esters is 1. The van der Waals surface area contributed by atoms with Gasteiger partial charge in [0.2, 0.25) is 0 Å². The molecule has 17 heavy (non-hydrogen) atoms. The van der Waals surface area contributed by atoms with Crippen LogP contribution in [0.4, 0.5) is 0 Å². The number of hydrogen-bond donors (Lipinski definition) is 0. The maximum atomic E-state index is 11.8. The maximum absolute atomic E-state index is 11.8. The summed E-state index contributed by atoms with van der Waals surface area (Å²) in [6, 6.07) is 1.63. The predicted molar refractivity (Wildman–Crippen MR) is 69.2 cm³/mol. The van der Waals surface area contributed by atoms with E-state index < -0.39 is 5.97 Å². The smallest absolute Gasteiger partial charge is 0.341 e. The molecule has 0 amide bonds. The van der Waals surface area contributed by atoms with Crippen molar-refractivity contribution in [3.05, 3.63) is 27.5 Å². The third-order valence-electron chi connectivity index (χ3n) is 2.95. The molecule has 0 spiro atoms. The van der Waals surface area contributed by atoms with E-state index in [2.05, 4.69) is 20.9 Å². The maximum Gasteiger partial charge on any atom is 0.341 e. The molecule has 0 bridgehead atoms. The predicted octanol–water partition coefficient (Wildman–Crippen LogP) is 3.84. The molecule has 5 heteroatoms. The number of ether oxygens (including phenoxy) is 1. The number of carbonyl (C=O) groups is 1. The Hall–Kier alpha value is -0.610. The van der Waals surface area contributed by atoms with Crippen molar-refractivity contribution in [2.24, 2.45) is 5.92 Å². The molecular weight excluding hydrogens is 305 g/mol. The number of nitrogens with zero attached hydrogens (tertiary/aromatic N) is 1. The molecule has 0 N–H and O–H groups in total. The highest BCUT2D eigenvalue weighted by molar-refractivity contribution is 9.10. The van der Waals surface area contributed by atoms with Gasteiger partial charge in [-0.25, -0.2) is 9.78 Å². The molecule has 3 nitrogen and oxygen atoms in total. The topological polar surface area (TPSA) is 39.2 Å². The highest BCUT2D eigenvalue weighted by atomic mass is 79.9. The first-order chi connectivity index (χ1) is 8.16. The van der Waals surface area contributed by atoms with Gasteiger partial charge in [-0.1, -0.05) is 24.4 Å². The summed E-state index contributed by atoms with van der Waals surface area (Å²) in [6.07, 6.45) is 6.33. The molecule has 1 saturated carbocycles. The molecule has 2 rings (SSSR count). The molecule has 1 aromatic rings. The summed E-state index contributed by atoms with van der Waals surface area (Å²) in [5.74, 6) is 0.119. The Bertz CT molecular complexity index is 419. The van der Waals surface area contributed by atoms with Crippen LogP contribution < -0.4 is 0 Å². The van der Waals surface area contributed by atoms with Crippen LogP contribution >= 0.6 is 27.5 Å². The van der Waals surface area contributed by atoms with Crippen molar-refractivity contribution in [2.45, 2.75) is 25.7 Å². The van der Waals surface area contributed by atoms with E-state index in [0.29, 0.717) is 18.1 Å². The standard InChI is InChI=1S/C12H13BrClNO2/c13-9-5-10(11(14)15-6-9)12(16)17-7-8-3-1-2-4-8/h5-6,8H,1-4,7H2. The first-order valence-electron chi connectivity index (χ1n) is 5.65. The fourth-order valence-electron chi connectivity index (χ4n) is 2.01. The van der Waals surface area contributed by atoms with Crippen LogP contribution in [0.1, 0.15) is 36.0 Å². The summed E-state index contributed by atoms with van der Waals surface area (Å²) in [6.45, 7) is 0.488. The van der Waals surface area contributed by atoms with Gasteiger partial charge < -0.3 is 4.74 Å². The zero-order chi connectivity index (χ0) is 12.3. The average Bonchev–Trinajstić information content (AvgIpc) is 2.82. The second-order valence-electron chi connectivity index (χ2n) is 4.24. The van der Waals surface area contributed by atoms with Crippen LogP contribution in [0.3, 0.4) is 0 Å². The summed E-state index contributed by atoms with van der Waals surface area (Å²) in [4.78, 5) is 15.7. The number of hydrogen-bond acceptors (Lipinski definition) is 3. The van der Waals surface area contributed by atoms with E-state index >= 15 is 0 Å². The second-order valence-corrected chi connectivity index (χ2v) is 5.51. The van der Waals surface area contributed by atoms with E-state index in [-0.39, 0.29) is 5.15 Å². The second kappa shape index (κ2) is 5.83. The van der Waals surface area contributed by atoms with E-state index in [4.69, 9.17) is 16.3 Å². The van der Waals surface area contributed by atoms with Crippen LogP contribution in [0.15, 0.2) is 16.7 Å². The zero-order valence-corrected chi connectivity index (χ0v) is 11.6. The van der Waals surface area contributed by atoms with Crippen LogP contribution in [0, 0.1) is 5.92 Å². The Morgan fingerprint density at radius 3 is 2.94 bits per heavy atom. The summed E-state index contributed by atoms with van der Waals surface area (Å²) in [5, 5.41) is 0.185. The normalized spacial score (nSPS) is 16.1. The largest absolute Gasteiger partial charge is 0.462 e. The number of halogens is 2. The molecule has 1 aromatic heterocycles. The lowest BCUT2D eigenvalue weighted by atomic mass is 10.1. The molecule has 0 radical (unpaired) electrons. The fraction of sp³-hybridized carbons (Fsp3) is 0.500. The minimum Gasteiger partial charge on any atom is -0.462 e. The van der Waals surface area contributed by atoms with Crippen LogP contribution in [0.5, 0.6) is 0 Å². The van der Waals surface area contributed by atoms with E-state index in [1.807, 2.05) is 0 Å². The highest BCUT2D eigenvalue weighted by Gasteiger charge is 2.19. The zero-order valence-electron chi connectivity index (χ0n) is 9.29. The van der Waals surface area contributed by atoms with Crippen LogP contribution in [-0.4, -0.2) is 17.6 Å². The van der Waals surface area contributed by atoms with E-state index in [0.717, 1.165) is 17.3 Å². The van der Waals surface area contributed by atoms with Crippen molar-refractivity contribution >= 4 is 33.5 Å². The van der Waals surface area contributed by atoms with E-state index in [1.54, 1.807) is 12.3 Å². The van der Waals surface area contributed by atoms with Gasteiger partial charge in [-0.15, -0.1) is 0 Å². The molecule has 1 heterocycles. The number of aromatic nitrogens is 1. The summed E-state index contributed by atoms with van der Waals surface area (Å²) in [7, 11) is 0. The van der Waals surface area contributed by atoms with E-state index in [9.17, 15) is 4.79 Å². The molecule has 0 unspecified atom stereocenters. The van der Waals surface area contributed by atoms with Crippen LogP contribution in [0.2, 0.25) is 5.15 Å². The summed E-state index contributed by atoms with van der Waals surface area (Å²) < 4.78 is 5.98. The Morgan fingerprint density at radius 2 is 2.24 bits per heavy atom. The lowest BCUT2D eigenvalue weighted by molar-refractivity contribution is 0.0442. The van der Waals surface area contributed by atoms with Gasteiger partial charge in [-0.2, -0.15) is 0 Å². The highest BCUT2D eigenvalue weighted by Crippen LogP contribution is 2.25. The Balaban J connectivity index is 1.96. The molecule has 0 aromatic carbocycles. The van der Waals surface area contributed by atoms with Gasteiger partial charge in [-0.05, 0) is 40.8 Å². The molecule has 1 aliphatic rings. The quantitative estimate of drug-likeness (QED) is 0.628. The molecule has 1 aliphatic carbocycles. The van der Waals surface area contributed by atoms with Crippen molar-refractivity contribution in [1.82, 2.24) is 4.98 Å². The first kappa shape index (κ1) is 12.8. The minimum atomic E-state index is -0.393. The first-order valence-corrected chi connectivity index (χ1v) is 6.82. The molecule has 0 saturated heterocycles. The third-order valence-corrected chi connectivity index (χ3v) is 3.69. The summed E-state index contributed by atoms with van der Waals surface area (Å²) in [5.41, 5.74) is 0.319. The SMILES string of the molecule is O=C(OCC1CCCC1)c1cc(Br)cnc1Cl. The Labute approximate surface area is 114 Å². The lowest BCUT2D eigenvalue weighted by Gasteiger charge is -2.10. The lowest BCUT2D eigenvalue weighted by Crippen LogP contribution is -2.12. The van der Waals surface area contributed by atoms with Gasteiger partial charge in [-0.3, -0.25) is 0 Å². The van der Waals surface area contributed by atoms with Crippen LogP contribution in [0.25, 0.3) is 0 Å². The van der Waals surface area contributed by atoms with Crippen molar-refractivity contribution in [1.29, 1.82) is 0 Å². The van der Waals surface area contributed by atoms with Gasteiger partial charge in [0.1, 0.15) is 5.15 Å². The summed E-state index contributed by atoms with van der Waals surface area (Å²) >= 11 is 9.11. The number of carbonyl (C=O) groups excluding carboxylic acids is 1. The van der Waals surface area contributed by atoms with Crippen molar-refractivity contribution in [2.75, 3.05) is 6.61 Å². The average molecular weight is 319 g/mol. The van der Waals surface area contributed by atoms with Gasteiger partial charge >= 0.3 is 5.97 Å². The monoisotopic (exact) mass is 317 g/mol. The van der Waals surface area contributed by atoms with E-state index in [1.165, 1.54) is 12.8 Å². The van der Waals surface area contributed by atoms with Gasteiger partial charge in [0, 0.05) is 10.7 Å². The fourth-order valence-corrected chi connectivity index (χ4v) is 2.53. The Kier molecular flexibility index (Phi) is 4.40. The molecule has 1 fully saturated rings. The molecule has 0 atom stereocenters. The number of pyridine rings is 1. The Morgan fingerprint density at radius 1 is 1.53 bits per heavy atom. The van der Waals surface area contributed by atoms with Crippen molar-refractivity contribution < 1.29 is 9.53 Å². The molecule has 92 valence electrons. The van der Waals surface area contributed by atoms with Crippen molar-refractivity contribution in [3.8, 4) is 0 Å². The molecular formula is C12H13BrClNO2. The van der Waals surface area contributed by atoms with Crippen LogP contribution in [-0.2, 0) is 4.74 Å². The van der Waals surface area contributed by atoms with Crippen molar-refractivity contribution in [3.63, 3.8) is 0 Å². The van der Waals surface area contributed by atoms with Gasteiger partial charge in [0.05, 0.1) is 12.2 Å². The van der Waals surface area contributed by atoms with Gasteiger partial charge in [0.25, 0.3) is 0 Å². The van der Waals surface area contributed by atoms with Gasteiger partial charge in [0.15, 0.2) is 0 Å². The molecule has 0 aliphatic heterocycles. The third kappa shape index (κ3) is 3.42.